The number of benzene rings is 8. The first kappa shape index (κ1) is 35.5. The van der Waals surface area contributed by atoms with Gasteiger partial charge >= 0.3 is 0 Å². The van der Waals surface area contributed by atoms with Crippen LogP contribution in [0.2, 0.25) is 0 Å². The Kier molecular flexibility index (Phi) is 8.45. The minimum absolute atomic E-state index is 0.168. The summed E-state index contributed by atoms with van der Waals surface area (Å²) in [6.07, 6.45) is 3.74. The molecule has 0 saturated heterocycles. The van der Waals surface area contributed by atoms with Crippen molar-refractivity contribution in [1.82, 2.24) is 9.55 Å². The van der Waals surface area contributed by atoms with Crippen LogP contribution in [0.15, 0.2) is 219 Å². The molecular weight excluding hydrogens is 729 g/mol. The van der Waals surface area contributed by atoms with E-state index in [0.717, 1.165) is 45.1 Å². The van der Waals surface area contributed by atoms with Crippen molar-refractivity contribution < 1.29 is 0 Å². The van der Waals surface area contributed by atoms with Crippen molar-refractivity contribution in [1.29, 1.82) is 0 Å². The van der Waals surface area contributed by atoms with E-state index in [1.807, 2.05) is 18.5 Å². The van der Waals surface area contributed by atoms with Crippen molar-refractivity contribution in [2.24, 2.45) is 0 Å². The second-order valence-electron chi connectivity index (χ2n) is 16.1. The van der Waals surface area contributed by atoms with E-state index in [-0.39, 0.29) is 5.41 Å². The van der Waals surface area contributed by atoms with E-state index in [0.29, 0.717) is 0 Å². The number of fused-ring (bicyclic) bond motifs is 5. The van der Waals surface area contributed by atoms with Crippen molar-refractivity contribution in [2.45, 2.75) is 19.3 Å². The minimum Gasteiger partial charge on any atom is -0.310 e. The molecule has 4 heteroatoms. The van der Waals surface area contributed by atoms with Crippen LogP contribution in [0.5, 0.6) is 0 Å². The number of nitrogens with zero attached hydrogens (tertiary/aromatic N) is 4. The smallest absolute Gasteiger partial charge is 0.0542 e. The van der Waals surface area contributed by atoms with Crippen molar-refractivity contribution in [3.8, 4) is 27.9 Å². The molecule has 1 aliphatic heterocycles. The first-order valence-corrected chi connectivity index (χ1v) is 20.6. The second-order valence-corrected chi connectivity index (χ2v) is 16.1. The Hall–Kier alpha value is -7.69. The SMILES string of the molecule is CC1(C)c2ccccc2N(c2ccccc2)c2cc(-c3cccc(N(c4ccc(-c5cccnc5)cc4)c4ccc5c(c4)c4ccccc4n5-c4ccccc4)c3)ccc21. The molecule has 11 rings (SSSR count). The Morgan fingerprint density at radius 1 is 0.417 bits per heavy atom. The van der Waals surface area contributed by atoms with Gasteiger partial charge in [-0.2, -0.15) is 0 Å². The van der Waals surface area contributed by atoms with Crippen molar-refractivity contribution in [3.05, 3.63) is 230 Å². The van der Waals surface area contributed by atoms with Crippen LogP contribution in [0.1, 0.15) is 25.0 Å². The summed E-state index contributed by atoms with van der Waals surface area (Å²) >= 11 is 0. The molecule has 2 aromatic heterocycles. The van der Waals surface area contributed by atoms with Gasteiger partial charge in [0.1, 0.15) is 0 Å². The van der Waals surface area contributed by atoms with Crippen LogP contribution in [0.25, 0.3) is 49.7 Å². The Bertz CT molecular complexity index is 3170. The zero-order valence-electron chi connectivity index (χ0n) is 33.6. The Morgan fingerprint density at radius 3 is 1.85 bits per heavy atom. The van der Waals surface area contributed by atoms with Gasteiger partial charge in [-0.1, -0.05) is 129 Å². The van der Waals surface area contributed by atoms with E-state index in [1.165, 1.54) is 49.9 Å². The molecule has 0 N–H and O–H groups in total. The molecule has 0 unspecified atom stereocenters. The number of anilines is 6. The molecule has 8 aromatic carbocycles. The predicted molar refractivity (Wildman–Crippen MR) is 251 cm³/mol. The third kappa shape index (κ3) is 5.87. The van der Waals surface area contributed by atoms with Gasteiger partial charge in [-0.3, -0.25) is 4.98 Å². The summed E-state index contributed by atoms with van der Waals surface area (Å²) in [5.74, 6) is 0. The highest BCUT2D eigenvalue weighted by Crippen LogP contribution is 2.53. The molecule has 0 radical (unpaired) electrons. The van der Waals surface area contributed by atoms with E-state index in [2.05, 4.69) is 233 Å². The maximum absolute atomic E-state index is 4.38. The fourth-order valence-corrected chi connectivity index (χ4v) is 9.32. The second kappa shape index (κ2) is 14.3. The van der Waals surface area contributed by atoms with E-state index in [9.17, 15) is 0 Å². The number of rotatable bonds is 7. The maximum atomic E-state index is 4.38. The van der Waals surface area contributed by atoms with Crippen LogP contribution in [0.3, 0.4) is 0 Å². The Balaban J connectivity index is 1.07. The van der Waals surface area contributed by atoms with Gasteiger partial charge in [-0.15, -0.1) is 0 Å². The summed E-state index contributed by atoms with van der Waals surface area (Å²) in [5, 5.41) is 2.43. The Morgan fingerprint density at radius 2 is 1.05 bits per heavy atom. The van der Waals surface area contributed by atoms with E-state index in [1.54, 1.807) is 0 Å². The van der Waals surface area contributed by atoms with Crippen LogP contribution in [-0.4, -0.2) is 9.55 Å². The predicted octanol–water partition coefficient (Wildman–Crippen LogP) is 15.1. The number of hydrogen-bond donors (Lipinski definition) is 0. The summed E-state index contributed by atoms with van der Waals surface area (Å²) in [6.45, 7) is 4.69. The van der Waals surface area contributed by atoms with Crippen LogP contribution in [0.4, 0.5) is 34.1 Å². The molecule has 3 heterocycles. The number of pyridine rings is 1. The lowest BCUT2D eigenvalue weighted by Gasteiger charge is -2.42. The largest absolute Gasteiger partial charge is 0.310 e. The normalized spacial score (nSPS) is 12.9. The highest BCUT2D eigenvalue weighted by Gasteiger charge is 2.37. The number of para-hydroxylation sites is 4. The fourth-order valence-electron chi connectivity index (χ4n) is 9.32. The summed E-state index contributed by atoms with van der Waals surface area (Å²) in [7, 11) is 0. The highest BCUT2D eigenvalue weighted by atomic mass is 15.2. The topological polar surface area (TPSA) is 24.3 Å². The van der Waals surface area contributed by atoms with Crippen LogP contribution >= 0.6 is 0 Å². The van der Waals surface area contributed by atoms with Gasteiger partial charge in [-0.05, 0) is 124 Å². The first-order chi connectivity index (χ1) is 29.5. The summed E-state index contributed by atoms with van der Waals surface area (Å²) < 4.78 is 2.37. The molecule has 0 fully saturated rings. The number of hydrogen-bond acceptors (Lipinski definition) is 3. The third-order valence-corrected chi connectivity index (χ3v) is 12.2. The molecule has 0 bridgehead atoms. The highest BCUT2D eigenvalue weighted by molar-refractivity contribution is 6.10. The van der Waals surface area contributed by atoms with Gasteiger partial charge in [0.25, 0.3) is 0 Å². The third-order valence-electron chi connectivity index (χ3n) is 12.2. The van der Waals surface area contributed by atoms with E-state index in [4.69, 9.17) is 0 Å². The van der Waals surface area contributed by atoms with Gasteiger partial charge in [0.2, 0.25) is 0 Å². The quantitative estimate of drug-likeness (QED) is 0.161. The summed E-state index contributed by atoms with van der Waals surface area (Å²) in [5.41, 5.74) is 17.3. The van der Waals surface area contributed by atoms with Gasteiger partial charge in [0, 0.05) is 57.0 Å². The zero-order valence-corrected chi connectivity index (χ0v) is 33.6. The molecule has 0 atom stereocenters. The molecule has 0 spiro atoms. The van der Waals surface area contributed by atoms with Crippen molar-refractivity contribution >= 4 is 55.9 Å². The minimum atomic E-state index is -0.168. The summed E-state index contributed by atoms with van der Waals surface area (Å²) in [4.78, 5) is 9.20. The molecular formula is C56H42N4. The summed E-state index contributed by atoms with van der Waals surface area (Å²) in [6, 6.07) is 74.8. The van der Waals surface area contributed by atoms with Crippen LogP contribution < -0.4 is 9.80 Å². The average molecular weight is 771 g/mol. The van der Waals surface area contributed by atoms with Gasteiger partial charge < -0.3 is 14.4 Å². The lowest BCUT2D eigenvalue weighted by Crippen LogP contribution is -2.30. The molecule has 0 amide bonds. The molecule has 10 aromatic rings. The van der Waals surface area contributed by atoms with Crippen molar-refractivity contribution in [2.75, 3.05) is 9.80 Å². The van der Waals surface area contributed by atoms with Gasteiger partial charge in [-0.25, -0.2) is 0 Å². The molecule has 60 heavy (non-hydrogen) atoms. The number of aromatic nitrogens is 2. The van der Waals surface area contributed by atoms with E-state index >= 15 is 0 Å². The lowest BCUT2D eigenvalue weighted by atomic mass is 9.73. The monoisotopic (exact) mass is 770 g/mol. The fraction of sp³-hybridized carbons (Fsp3) is 0.0536. The van der Waals surface area contributed by atoms with Gasteiger partial charge in [0.15, 0.2) is 0 Å². The van der Waals surface area contributed by atoms with Crippen molar-refractivity contribution in [3.63, 3.8) is 0 Å². The molecule has 0 aliphatic carbocycles. The Labute approximate surface area is 350 Å². The van der Waals surface area contributed by atoms with E-state index < -0.39 is 0 Å². The van der Waals surface area contributed by atoms with Gasteiger partial charge in [0.05, 0.1) is 22.4 Å². The maximum Gasteiger partial charge on any atom is 0.0542 e. The average Bonchev–Trinajstić information content (AvgIpc) is 3.64. The molecule has 0 saturated carbocycles. The standard InChI is InChI=1S/C56H42N4/c1-56(2)50-23-10-12-25-54(50)60(44-19-7-4-8-20-44)55-36-41(28-32-51(55)56)40-15-13-21-46(35-40)58(45-29-26-39(27-30-45)42-16-14-34-57-38-42)47-31-33-53-49(37-47)48-22-9-11-24-52(48)59(53)43-17-5-3-6-18-43/h3-38H,1-2H3. The molecule has 1 aliphatic rings. The molecule has 286 valence electrons. The first-order valence-electron chi connectivity index (χ1n) is 20.6. The van der Waals surface area contributed by atoms with Crippen LogP contribution in [0, 0.1) is 0 Å². The van der Waals surface area contributed by atoms with Crippen LogP contribution in [-0.2, 0) is 5.41 Å². The molecule has 4 nitrogen and oxygen atoms in total. The zero-order chi connectivity index (χ0) is 40.2. The lowest BCUT2D eigenvalue weighted by molar-refractivity contribution is 0.632.